The molecule has 0 aromatic carbocycles. The molecule has 1 rings (SSSR count). The largest absolute Gasteiger partial charge is 0.381 e. The van der Waals surface area contributed by atoms with E-state index in [4.69, 9.17) is 11.6 Å². The smallest absolute Gasteiger partial charge is 0.285 e. The second-order valence-corrected chi connectivity index (χ2v) is 5.94. The summed E-state index contributed by atoms with van der Waals surface area (Å²) in [6, 6.07) is 0. The van der Waals surface area contributed by atoms with Crippen LogP contribution < -0.4 is 10.9 Å². The topological polar surface area (TPSA) is 91.9 Å². The Kier molecular flexibility index (Phi) is 4.31. The fourth-order valence-corrected chi connectivity index (χ4v) is 1.85. The second kappa shape index (κ2) is 5.31. The molecule has 0 aliphatic heterocycles. The lowest BCUT2D eigenvalue weighted by Gasteiger charge is -2.06. The van der Waals surface area contributed by atoms with Crippen LogP contribution in [0.2, 0.25) is 5.02 Å². The molecular weight excluding hydrogens is 254 g/mol. The van der Waals surface area contributed by atoms with Gasteiger partial charge in [-0.05, 0) is 0 Å². The van der Waals surface area contributed by atoms with Crippen LogP contribution in [0, 0.1) is 0 Å². The SMILES string of the molecule is CCS(=O)(=O)CCNc1cn[nH]c(=O)c1Cl. The number of nitrogens with one attached hydrogen (secondary N) is 2. The highest BCUT2D eigenvalue weighted by atomic mass is 35.5. The molecule has 1 aromatic heterocycles. The van der Waals surface area contributed by atoms with Gasteiger partial charge in [0.1, 0.15) is 5.02 Å². The number of anilines is 1. The predicted octanol–water partition coefficient (Wildman–Crippen LogP) is 0.270. The maximum atomic E-state index is 11.2. The molecule has 8 heteroatoms. The van der Waals surface area contributed by atoms with Crippen LogP contribution in [0.1, 0.15) is 6.92 Å². The molecule has 0 fully saturated rings. The predicted molar refractivity (Wildman–Crippen MR) is 62.7 cm³/mol. The second-order valence-electron chi connectivity index (χ2n) is 3.09. The minimum Gasteiger partial charge on any atom is -0.381 e. The van der Waals surface area contributed by atoms with Crippen LogP contribution in [0.3, 0.4) is 0 Å². The van der Waals surface area contributed by atoms with Crippen molar-refractivity contribution < 1.29 is 8.42 Å². The van der Waals surface area contributed by atoms with Gasteiger partial charge in [-0.1, -0.05) is 18.5 Å². The number of H-pyrrole nitrogens is 1. The fraction of sp³-hybridized carbons (Fsp3) is 0.500. The Hall–Kier alpha value is -1.08. The van der Waals surface area contributed by atoms with E-state index in [1.165, 1.54) is 6.20 Å². The Morgan fingerprint density at radius 2 is 2.25 bits per heavy atom. The van der Waals surface area contributed by atoms with Crippen LogP contribution in [0.25, 0.3) is 0 Å². The molecule has 6 nitrogen and oxygen atoms in total. The molecule has 0 atom stereocenters. The minimum atomic E-state index is -3.02. The highest BCUT2D eigenvalue weighted by Crippen LogP contribution is 2.13. The molecular formula is C8H12ClN3O3S. The van der Waals surface area contributed by atoms with Crippen molar-refractivity contribution in [3.05, 3.63) is 21.6 Å². The van der Waals surface area contributed by atoms with Gasteiger partial charge in [0.25, 0.3) is 5.56 Å². The lowest BCUT2D eigenvalue weighted by molar-refractivity contribution is 0.597. The van der Waals surface area contributed by atoms with E-state index in [9.17, 15) is 13.2 Å². The zero-order chi connectivity index (χ0) is 12.2. The van der Waals surface area contributed by atoms with Crippen LogP contribution >= 0.6 is 11.6 Å². The Morgan fingerprint density at radius 1 is 1.56 bits per heavy atom. The Labute approximate surface area is 97.9 Å². The van der Waals surface area contributed by atoms with Crippen molar-refractivity contribution in [1.29, 1.82) is 0 Å². The van der Waals surface area contributed by atoms with E-state index in [2.05, 4.69) is 15.5 Å². The maximum Gasteiger partial charge on any atom is 0.285 e. The normalized spacial score (nSPS) is 11.4. The molecule has 90 valence electrons. The lowest BCUT2D eigenvalue weighted by atomic mass is 10.4. The van der Waals surface area contributed by atoms with Gasteiger partial charge in [0.05, 0.1) is 17.6 Å². The first kappa shape index (κ1) is 13.0. The van der Waals surface area contributed by atoms with Crippen molar-refractivity contribution in [2.45, 2.75) is 6.92 Å². The van der Waals surface area contributed by atoms with E-state index in [-0.39, 0.29) is 23.1 Å². The molecule has 0 amide bonds. The summed E-state index contributed by atoms with van der Waals surface area (Å²) in [6.45, 7) is 1.78. The van der Waals surface area contributed by atoms with Crippen molar-refractivity contribution in [3.8, 4) is 0 Å². The van der Waals surface area contributed by atoms with Crippen molar-refractivity contribution in [3.63, 3.8) is 0 Å². The summed E-state index contributed by atoms with van der Waals surface area (Å²) < 4.78 is 22.4. The number of hydrogen-bond acceptors (Lipinski definition) is 5. The molecule has 0 bridgehead atoms. The third-order valence-corrected chi connectivity index (χ3v) is 4.04. The third-order valence-electron chi connectivity index (χ3n) is 1.96. The van der Waals surface area contributed by atoms with Crippen LogP contribution in [-0.2, 0) is 9.84 Å². The van der Waals surface area contributed by atoms with Gasteiger partial charge in [-0.25, -0.2) is 13.5 Å². The number of sulfone groups is 1. The van der Waals surface area contributed by atoms with Gasteiger partial charge in [-0.2, -0.15) is 5.10 Å². The monoisotopic (exact) mass is 265 g/mol. The van der Waals surface area contributed by atoms with Crippen molar-refractivity contribution in [2.75, 3.05) is 23.4 Å². The molecule has 2 N–H and O–H groups in total. The fourth-order valence-electron chi connectivity index (χ4n) is 0.992. The summed E-state index contributed by atoms with van der Waals surface area (Å²) in [7, 11) is -3.02. The van der Waals surface area contributed by atoms with E-state index in [0.717, 1.165) is 0 Å². The Balaban J connectivity index is 2.63. The molecule has 0 saturated heterocycles. The number of aromatic nitrogens is 2. The maximum absolute atomic E-state index is 11.2. The molecule has 0 aliphatic rings. The van der Waals surface area contributed by atoms with Gasteiger partial charge in [0, 0.05) is 12.3 Å². The van der Waals surface area contributed by atoms with Gasteiger partial charge in [0.2, 0.25) is 0 Å². The number of rotatable bonds is 5. The molecule has 1 aromatic rings. The highest BCUT2D eigenvalue weighted by Gasteiger charge is 2.08. The first-order valence-electron chi connectivity index (χ1n) is 4.63. The van der Waals surface area contributed by atoms with Gasteiger partial charge < -0.3 is 5.32 Å². The summed E-state index contributed by atoms with van der Waals surface area (Å²) >= 11 is 5.68. The van der Waals surface area contributed by atoms with Crippen molar-refractivity contribution >= 4 is 27.1 Å². The molecule has 0 unspecified atom stereocenters. The van der Waals surface area contributed by atoms with E-state index < -0.39 is 15.4 Å². The first-order valence-corrected chi connectivity index (χ1v) is 6.83. The van der Waals surface area contributed by atoms with Gasteiger partial charge in [-0.3, -0.25) is 4.79 Å². The molecule has 0 spiro atoms. The third kappa shape index (κ3) is 3.49. The van der Waals surface area contributed by atoms with Crippen LogP contribution in [-0.4, -0.2) is 36.7 Å². The molecule has 1 heterocycles. The van der Waals surface area contributed by atoms with Gasteiger partial charge in [0.15, 0.2) is 9.84 Å². The van der Waals surface area contributed by atoms with E-state index in [0.29, 0.717) is 5.69 Å². The summed E-state index contributed by atoms with van der Waals surface area (Å²) in [6.07, 6.45) is 1.34. The van der Waals surface area contributed by atoms with Crippen LogP contribution in [0.4, 0.5) is 5.69 Å². The average Bonchev–Trinajstić information content (AvgIpc) is 2.24. The van der Waals surface area contributed by atoms with E-state index in [1.807, 2.05) is 0 Å². The van der Waals surface area contributed by atoms with Gasteiger partial charge in [-0.15, -0.1) is 0 Å². The number of nitrogens with zero attached hydrogens (tertiary/aromatic N) is 1. The average molecular weight is 266 g/mol. The van der Waals surface area contributed by atoms with Gasteiger partial charge >= 0.3 is 0 Å². The quantitative estimate of drug-likeness (QED) is 0.797. The summed E-state index contributed by atoms with van der Waals surface area (Å²) in [5.74, 6) is 0.0860. The summed E-state index contributed by atoms with van der Waals surface area (Å²) in [5, 5.41) is 8.43. The molecule has 0 radical (unpaired) electrons. The zero-order valence-corrected chi connectivity index (χ0v) is 10.2. The van der Waals surface area contributed by atoms with Crippen molar-refractivity contribution in [1.82, 2.24) is 10.2 Å². The minimum absolute atomic E-state index is 0.00731. The lowest BCUT2D eigenvalue weighted by Crippen LogP contribution is -2.19. The summed E-state index contributed by atoms with van der Waals surface area (Å²) in [5.41, 5.74) is -0.179. The Bertz CT molecular complexity index is 512. The van der Waals surface area contributed by atoms with E-state index >= 15 is 0 Å². The van der Waals surface area contributed by atoms with Crippen LogP contribution in [0.5, 0.6) is 0 Å². The first-order chi connectivity index (χ1) is 7.46. The molecule has 16 heavy (non-hydrogen) atoms. The molecule has 0 saturated carbocycles. The van der Waals surface area contributed by atoms with Crippen molar-refractivity contribution in [2.24, 2.45) is 0 Å². The summed E-state index contributed by atoms with van der Waals surface area (Å²) in [4.78, 5) is 11.0. The van der Waals surface area contributed by atoms with E-state index in [1.54, 1.807) is 6.92 Å². The van der Waals surface area contributed by atoms with Crippen LogP contribution in [0.15, 0.2) is 11.0 Å². The standard InChI is InChI=1S/C8H12ClN3O3S/c1-2-16(14,15)4-3-10-6-5-11-12-8(13)7(6)9/h5H,2-4H2,1H3,(H2,10,12,13). The Morgan fingerprint density at radius 3 is 2.88 bits per heavy atom. The highest BCUT2D eigenvalue weighted by molar-refractivity contribution is 7.91. The number of halogens is 1. The zero-order valence-electron chi connectivity index (χ0n) is 8.66. The number of hydrogen-bond donors (Lipinski definition) is 2. The molecule has 0 aliphatic carbocycles. The number of aromatic amines is 1.